The van der Waals surface area contributed by atoms with E-state index in [1.165, 1.54) is 16.0 Å². The average molecular weight is 327 g/mol. The van der Waals surface area contributed by atoms with Gasteiger partial charge in [-0.3, -0.25) is 4.79 Å². The van der Waals surface area contributed by atoms with Crippen molar-refractivity contribution in [2.75, 3.05) is 13.1 Å². The zero-order valence-electron chi connectivity index (χ0n) is 14.8. The number of carbonyl (C=O) groups excluding carboxylic acids is 1. The lowest BCUT2D eigenvalue weighted by molar-refractivity contribution is -0.946. The smallest absolute Gasteiger partial charge is 0.225 e. The summed E-state index contributed by atoms with van der Waals surface area (Å²) < 4.78 is 5.68. The van der Waals surface area contributed by atoms with Gasteiger partial charge < -0.3 is 14.6 Å². The summed E-state index contributed by atoms with van der Waals surface area (Å²) in [5.41, 5.74) is 2.47. The maximum absolute atomic E-state index is 12.3. The lowest BCUT2D eigenvalue weighted by Gasteiger charge is -2.32. The molecule has 4 nitrogen and oxygen atoms in total. The third kappa shape index (κ3) is 3.70. The van der Waals surface area contributed by atoms with Gasteiger partial charge in [-0.15, -0.1) is 0 Å². The van der Waals surface area contributed by atoms with Crippen molar-refractivity contribution < 1.29 is 14.1 Å². The number of nitrogens with one attached hydrogen (secondary N) is 2. The summed E-state index contributed by atoms with van der Waals surface area (Å²) >= 11 is 0. The molecule has 0 bridgehead atoms. The van der Waals surface area contributed by atoms with Crippen LogP contribution in [0.5, 0.6) is 0 Å². The Morgan fingerprint density at radius 1 is 1.21 bits per heavy atom. The van der Waals surface area contributed by atoms with E-state index in [0.717, 1.165) is 25.3 Å². The zero-order valence-corrected chi connectivity index (χ0v) is 14.8. The number of benzene rings is 1. The van der Waals surface area contributed by atoms with Crippen molar-refractivity contribution in [1.82, 2.24) is 5.32 Å². The molecule has 0 fully saturated rings. The Kier molecular flexibility index (Phi) is 4.76. The van der Waals surface area contributed by atoms with Crippen LogP contribution in [0.4, 0.5) is 0 Å². The fraction of sp³-hybridized carbons (Fsp3) is 0.450. The molecule has 0 aliphatic carbocycles. The molecule has 1 aromatic carbocycles. The van der Waals surface area contributed by atoms with Crippen molar-refractivity contribution >= 4 is 5.91 Å². The molecule has 3 rings (SSSR count). The molecular formula is C20H27N2O2+. The molecule has 1 aromatic heterocycles. The zero-order chi connectivity index (χ0) is 17.2. The summed E-state index contributed by atoms with van der Waals surface area (Å²) in [5, 5.41) is 3.11. The van der Waals surface area contributed by atoms with E-state index in [4.69, 9.17) is 4.42 Å². The Morgan fingerprint density at radius 2 is 1.96 bits per heavy atom. The number of hydrogen-bond donors (Lipinski definition) is 2. The van der Waals surface area contributed by atoms with E-state index in [0.29, 0.717) is 6.54 Å². The minimum Gasteiger partial charge on any atom is -0.463 e. The molecule has 1 aliphatic heterocycles. The molecule has 0 radical (unpaired) electrons. The molecule has 0 spiro atoms. The summed E-state index contributed by atoms with van der Waals surface area (Å²) in [6.45, 7) is 8.43. The first-order valence-electron chi connectivity index (χ1n) is 8.68. The molecule has 2 atom stereocenters. The third-order valence-electron chi connectivity index (χ3n) is 4.78. The lowest BCUT2D eigenvalue weighted by atomic mass is 9.95. The average Bonchev–Trinajstić information content (AvgIpc) is 3.08. The highest BCUT2D eigenvalue weighted by atomic mass is 16.3. The van der Waals surface area contributed by atoms with E-state index in [2.05, 4.69) is 29.6 Å². The molecule has 24 heavy (non-hydrogen) atoms. The van der Waals surface area contributed by atoms with Crippen molar-refractivity contribution in [1.29, 1.82) is 0 Å². The number of fused-ring (bicyclic) bond motifs is 1. The molecule has 1 unspecified atom stereocenters. The lowest BCUT2D eigenvalue weighted by Crippen LogP contribution is -3.12. The van der Waals surface area contributed by atoms with Gasteiger partial charge in [0.05, 0.1) is 19.4 Å². The maximum Gasteiger partial charge on any atom is 0.225 e. The van der Waals surface area contributed by atoms with Gasteiger partial charge in [-0.25, -0.2) is 0 Å². The second kappa shape index (κ2) is 6.81. The van der Waals surface area contributed by atoms with Crippen LogP contribution in [0.3, 0.4) is 0 Å². The number of rotatable bonds is 4. The van der Waals surface area contributed by atoms with Crippen LogP contribution in [0.2, 0.25) is 0 Å². The van der Waals surface area contributed by atoms with Crippen LogP contribution in [0, 0.1) is 5.41 Å². The van der Waals surface area contributed by atoms with Crippen LogP contribution >= 0.6 is 0 Å². The van der Waals surface area contributed by atoms with Gasteiger partial charge in [-0.2, -0.15) is 0 Å². The normalized spacial score (nSPS) is 18.7. The second-order valence-corrected chi connectivity index (χ2v) is 7.63. The quantitative estimate of drug-likeness (QED) is 0.904. The van der Waals surface area contributed by atoms with E-state index < -0.39 is 0 Å². The van der Waals surface area contributed by atoms with Crippen molar-refractivity contribution in [3.63, 3.8) is 0 Å². The molecule has 0 saturated heterocycles. The molecule has 2 heterocycles. The van der Waals surface area contributed by atoms with Gasteiger partial charge in [-0.05, 0) is 17.7 Å². The number of hydrogen-bond acceptors (Lipinski definition) is 2. The van der Waals surface area contributed by atoms with E-state index in [9.17, 15) is 4.79 Å². The van der Waals surface area contributed by atoms with Crippen molar-refractivity contribution in [3.05, 3.63) is 59.5 Å². The summed E-state index contributed by atoms with van der Waals surface area (Å²) in [5.74, 6) is 1.02. The SMILES string of the molecule is CC(C)(C)C(=O)NC[C@H](c1ccco1)[NH+]1CCc2ccccc2C1. The number of amides is 1. The second-order valence-electron chi connectivity index (χ2n) is 7.63. The van der Waals surface area contributed by atoms with Crippen molar-refractivity contribution in [2.24, 2.45) is 5.41 Å². The predicted molar refractivity (Wildman–Crippen MR) is 93.6 cm³/mol. The van der Waals surface area contributed by atoms with Crippen LogP contribution in [-0.2, 0) is 17.8 Å². The van der Waals surface area contributed by atoms with Crippen molar-refractivity contribution in [2.45, 2.75) is 39.8 Å². The molecule has 4 heteroatoms. The largest absolute Gasteiger partial charge is 0.463 e. The summed E-state index contributed by atoms with van der Waals surface area (Å²) in [7, 11) is 0. The number of furan rings is 1. The third-order valence-corrected chi connectivity index (χ3v) is 4.78. The predicted octanol–water partition coefficient (Wildman–Crippen LogP) is 2.12. The monoisotopic (exact) mass is 327 g/mol. The van der Waals surface area contributed by atoms with E-state index >= 15 is 0 Å². The van der Waals surface area contributed by atoms with Crippen molar-refractivity contribution in [3.8, 4) is 0 Å². The van der Waals surface area contributed by atoms with Gasteiger partial charge >= 0.3 is 0 Å². The van der Waals surface area contributed by atoms with Crippen LogP contribution < -0.4 is 10.2 Å². The van der Waals surface area contributed by atoms with Gasteiger partial charge in [0.25, 0.3) is 0 Å². The van der Waals surface area contributed by atoms with Crippen LogP contribution in [0.15, 0.2) is 47.1 Å². The Hall–Kier alpha value is -2.07. The highest BCUT2D eigenvalue weighted by molar-refractivity contribution is 5.81. The summed E-state index contributed by atoms with van der Waals surface area (Å²) in [6.07, 6.45) is 2.78. The molecule has 2 N–H and O–H groups in total. The van der Waals surface area contributed by atoms with E-state index in [-0.39, 0.29) is 17.4 Å². The van der Waals surface area contributed by atoms with Gasteiger partial charge in [0.15, 0.2) is 11.8 Å². The van der Waals surface area contributed by atoms with E-state index in [1.54, 1.807) is 6.26 Å². The topological polar surface area (TPSA) is 46.7 Å². The molecule has 1 aliphatic rings. The fourth-order valence-electron chi connectivity index (χ4n) is 3.30. The van der Waals surface area contributed by atoms with Crippen LogP contribution in [0.1, 0.15) is 43.7 Å². The van der Waals surface area contributed by atoms with Gasteiger partial charge in [0.1, 0.15) is 6.54 Å². The highest BCUT2D eigenvalue weighted by Gasteiger charge is 2.31. The summed E-state index contributed by atoms with van der Waals surface area (Å²) in [6, 6.07) is 12.7. The first kappa shape index (κ1) is 16.8. The minimum absolute atomic E-state index is 0.0795. The minimum atomic E-state index is -0.377. The highest BCUT2D eigenvalue weighted by Crippen LogP contribution is 2.17. The molecular weight excluding hydrogens is 300 g/mol. The Balaban J connectivity index is 1.76. The first-order valence-corrected chi connectivity index (χ1v) is 8.68. The fourth-order valence-corrected chi connectivity index (χ4v) is 3.30. The van der Waals surface area contributed by atoms with Gasteiger partial charge in [0, 0.05) is 17.4 Å². The molecule has 0 saturated carbocycles. The van der Waals surface area contributed by atoms with Gasteiger partial charge in [-0.1, -0.05) is 45.0 Å². The number of quaternary nitrogens is 1. The van der Waals surface area contributed by atoms with Crippen LogP contribution in [-0.4, -0.2) is 19.0 Å². The van der Waals surface area contributed by atoms with Crippen LogP contribution in [0.25, 0.3) is 0 Å². The standard InChI is InChI=1S/C20H26N2O2/c1-20(2,3)19(23)21-13-17(18-9-6-12-24-18)22-11-10-15-7-4-5-8-16(15)14-22/h4-9,12,17H,10-11,13-14H2,1-3H3,(H,21,23)/p+1/t17-/m1/s1. The Labute approximate surface area is 143 Å². The van der Waals surface area contributed by atoms with E-state index in [1.807, 2.05) is 32.9 Å². The molecule has 2 aromatic rings. The Bertz CT molecular complexity index is 686. The summed E-state index contributed by atoms with van der Waals surface area (Å²) in [4.78, 5) is 13.7. The van der Waals surface area contributed by atoms with Gasteiger partial charge in [0.2, 0.25) is 5.91 Å². The molecule has 128 valence electrons. The maximum atomic E-state index is 12.3. The Morgan fingerprint density at radius 3 is 2.62 bits per heavy atom. The number of carbonyl (C=O) groups is 1. The molecule has 1 amide bonds. The first-order chi connectivity index (χ1) is 11.4.